The number of nitrogens with two attached hydrogens (primary N) is 1. The van der Waals surface area contributed by atoms with Gasteiger partial charge >= 0.3 is 0 Å². The Hall–Kier alpha value is -0.830. The van der Waals surface area contributed by atoms with Gasteiger partial charge in [-0.15, -0.1) is 0 Å². The van der Waals surface area contributed by atoms with Crippen molar-refractivity contribution in [2.45, 2.75) is 59.0 Å². The van der Waals surface area contributed by atoms with E-state index < -0.39 is 0 Å². The molecule has 1 saturated carbocycles. The highest BCUT2D eigenvalue weighted by Gasteiger charge is 2.23. The minimum atomic E-state index is 0.103. The van der Waals surface area contributed by atoms with E-state index in [4.69, 9.17) is 5.73 Å². The first kappa shape index (κ1) is 13.6. The largest absolute Gasteiger partial charge is 0.333 e. The van der Waals surface area contributed by atoms with Crippen molar-refractivity contribution < 1.29 is 0 Å². The molecule has 0 aromatic carbocycles. The zero-order valence-corrected chi connectivity index (χ0v) is 12.0. The summed E-state index contributed by atoms with van der Waals surface area (Å²) in [4.78, 5) is 4.30. The fourth-order valence-corrected chi connectivity index (χ4v) is 3.02. The molecule has 18 heavy (non-hydrogen) atoms. The Kier molecular flexibility index (Phi) is 4.44. The van der Waals surface area contributed by atoms with Gasteiger partial charge in [0.1, 0.15) is 0 Å². The van der Waals surface area contributed by atoms with Crippen LogP contribution in [-0.2, 0) is 6.54 Å². The molecule has 1 aliphatic carbocycles. The van der Waals surface area contributed by atoms with Gasteiger partial charge in [0.15, 0.2) is 0 Å². The van der Waals surface area contributed by atoms with E-state index in [0.29, 0.717) is 5.92 Å². The van der Waals surface area contributed by atoms with Gasteiger partial charge in [-0.2, -0.15) is 0 Å². The number of rotatable bonds is 4. The number of hydrogen-bond donors (Lipinski definition) is 1. The second-order valence-corrected chi connectivity index (χ2v) is 6.26. The van der Waals surface area contributed by atoms with E-state index in [0.717, 1.165) is 18.4 Å². The maximum atomic E-state index is 6.26. The molecule has 1 aromatic heterocycles. The van der Waals surface area contributed by atoms with Crippen LogP contribution in [0.25, 0.3) is 0 Å². The van der Waals surface area contributed by atoms with E-state index in [2.05, 4.69) is 30.3 Å². The molecule has 0 spiro atoms. The Bertz CT molecular complexity index is 370. The molecular weight excluding hydrogens is 222 g/mol. The molecule has 1 aromatic rings. The first-order chi connectivity index (χ1) is 8.59. The molecule has 3 unspecified atom stereocenters. The van der Waals surface area contributed by atoms with E-state index in [1.807, 2.05) is 12.5 Å². The van der Waals surface area contributed by atoms with Crippen molar-refractivity contribution in [3.8, 4) is 0 Å². The molecule has 0 bridgehead atoms. The topological polar surface area (TPSA) is 43.8 Å². The number of nitrogens with zero attached hydrogens (tertiary/aromatic N) is 2. The molecule has 0 aliphatic heterocycles. The Morgan fingerprint density at radius 2 is 2.11 bits per heavy atom. The maximum absolute atomic E-state index is 6.26. The van der Waals surface area contributed by atoms with Crippen LogP contribution in [-0.4, -0.2) is 9.55 Å². The van der Waals surface area contributed by atoms with Crippen molar-refractivity contribution in [1.29, 1.82) is 0 Å². The summed E-state index contributed by atoms with van der Waals surface area (Å²) in [6.45, 7) is 7.83. The minimum Gasteiger partial charge on any atom is -0.333 e. The van der Waals surface area contributed by atoms with Crippen molar-refractivity contribution in [2.75, 3.05) is 0 Å². The normalized spacial score (nSPS) is 26.5. The van der Waals surface area contributed by atoms with Crippen LogP contribution in [0.3, 0.4) is 0 Å². The van der Waals surface area contributed by atoms with Crippen LogP contribution in [0.5, 0.6) is 0 Å². The zero-order valence-electron chi connectivity index (χ0n) is 12.0. The van der Waals surface area contributed by atoms with Gasteiger partial charge in [-0.1, -0.05) is 40.0 Å². The van der Waals surface area contributed by atoms with Crippen LogP contribution in [0.2, 0.25) is 0 Å². The van der Waals surface area contributed by atoms with Crippen LogP contribution in [0.15, 0.2) is 12.5 Å². The summed E-state index contributed by atoms with van der Waals surface area (Å²) >= 11 is 0. The smallest absolute Gasteiger partial charge is 0.0948 e. The molecule has 3 atom stereocenters. The zero-order chi connectivity index (χ0) is 13.1. The summed E-state index contributed by atoms with van der Waals surface area (Å²) in [5.41, 5.74) is 7.46. The van der Waals surface area contributed by atoms with Crippen molar-refractivity contribution in [1.82, 2.24) is 9.55 Å². The van der Waals surface area contributed by atoms with E-state index in [9.17, 15) is 0 Å². The van der Waals surface area contributed by atoms with Crippen molar-refractivity contribution in [3.05, 3.63) is 18.2 Å². The Labute approximate surface area is 111 Å². The summed E-state index contributed by atoms with van der Waals surface area (Å²) in [6, 6.07) is 0.103. The summed E-state index contributed by atoms with van der Waals surface area (Å²) in [5, 5.41) is 0. The third-order valence-corrected chi connectivity index (χ3v) is 4.52. The average molecular weight is 249 g/mol. The molecular formula is C15H27N3. The van der Waals surface area contributed by atoms with E-state index >= 15 is 0 Å². The lowest BCUT2D eigenvalue weighted by Gasteiger charge is -2.30. The standard InChI is InChI=1S/C15H27N3/c1-11(2)15(16)14-8-17-10-18(14)9-13-7-5-4-6-12(13)3/h8,10-13,15H,4-7,9,16H2,1-3H3. The minimum absolute atomic E-state index is 0.103. The van der Waals surface area contributed by atoms with E-state index in [1.165, 1.54) is 31.4 Å². The second kappa shape index (κ2) is 5.87. The molecule has 0 amide bonds. The van der Waals surface area contributed by atoms with Crippen molar-refractivity contribution in [3.63, 3.8) is 0 Å². The summed E-state index contributed by atoms with van der Waals surface area (Å²) in [5.74, 6) is 2.10. The van der Waals surface area contributed by atoms with Gasteiger partial charge < -0.3 is 10.3 Å². The molecule has 102 valence electrons. The average Bonchev–Trinajstić information content (AvgIpc) is 2.79. The predicted molar refractivity (Wildman–Crippen MR) is 75.1 cm³/mol. The highest BCUT2D eigenvalue weighted by Crippen LogP contribution is 2.31. The molecule has 3 heteroatoms. The van der Waals surface area contributed by atoms with Gasteiger partial charge in [-0.25, -0.2) is 4.98 Å². The molecule has 0 saturated heterocycles. The first-order valence-corrected chi connectivity index (χ1v) is 7.35. The fraction of sp³-hybridized carbons (Fsp3) is 0.800. The van der Waals surface area contributed by atoms with Gasteiger partial charge in [0.2, 0.25) is 0 Å². The Morgan fingerprint density at radius 1 is 1.39 bits per heavy atom. The predicted octanol–water partition coefficient (Wildman–Crippen LogP) is 3.37. The monoisotopic (exact) mass is 249 g/mol. The molecule has 3 nitrogen and oxygen atoms in total. The highest BCUT2D eigenvalue weighted by atomic mass is 15.1. The molecule has 2 N–H and O–H groups in total. The van der Waals surface area contributed by atoms with Crippen LogP contribution < -0.4 is 5.73 Å². The van der Waals surface area contributed by atoms with Crippen LogP contribution >= 0.6 is 0 Å². The number of aromatic nitrogens is 2. The lowest BCUT2D eigenvalue weighted by molar-refractivity contribution is 0.225. The third-order valence-electron chi connectivity index (χ3n) is 4.52. The quantitative estimate of drug-likeness (QED) is 0.889. The third kappa shape index (κ3) is 2.94. The van der Waals surface area contributed by atoms with E-state index in [-0.39, 0.29) is 6.04 Å². The maximum Gasteiger partial charge on any atom is 0.0948 e. The van der Waals surface area contributed by atoms with Crippen LogP contribution in [0, 0.1) is 17.8 Å². The van der Waals surface area contributed by atoms with Crippen molar-refractivity contribution >= 4 is 0 Å². The fourth-order valence-electron chi connectivity index (χ4n) is 3.02. The molecule has 1 aliphatic rings. The lowest BCUT2D eigenvalue weighted by Crippen LogP contribution is -2.25. The van der Waals surface area contributed by atoms with Crippen LogP contribution in [0.1, 0.15) is 58.2 Å². The lowest BCUT2D eigenvalue weighted by atomic mass is 9.80. The first-order valence-electron chi connectivity index (χ1n) is 7.35. The summed E-state index contributed by atoms with van der Waals surface area (Å²) < 4.78 is 2.29. The molecule has 2 rings (SSSR count). The summed E-state index contributed by atoms with van der Waals surface area (Å²) in [7, 11) is 0. The van der Waals surface area contributed by atoms with Gasteiger partial charge in [0.25, 0.3) is 0 Å². The SMILES string of the molecule is CC(C)C(N)c1cncn1CC1CCCCC1C. The van der Waals surface area contributed by atoms with Gasteiger partial charge in [0, 0.05) is 18.8 Å². The van der Waals surface area contributed by atoms with Crippen molar-refractivity contribution in [2.24, 2.45) is 23.5 Å². The molecule has 1 heterocycles. The van der Waals surface area contributed by atoms with Gasteiger partial charge in [0.05, 0.1) is 12.0 Å². The van der Waals surface area contributed by atoms with Gasteiger partial charge in [-0.05, 0) is 24.2 Å². The molecule has 0 radical (unpaired) electrons. The summed E-state index contributed by atoms with van der Waals surface area (Å²) in [6.07, 6.45) is 9.42. The van der Waals surface area contributed by atoms with Crippen LogP contribution in [0.4, 0.5) is 0 Å². The highest BCUT2D eigenvalue weighted by molar-refractivity contribution is 5.05. The number of imidazole rings is 1. The number of hydrogen-bond acceptors (Lipinski definition) is 2. The molecule has 1 fully saturated rings. The van der Waals surface area contributed by atoms with E-state index in [1.54, 1.807) is 0 Å². The Morgan fingerprint density at radius 3 is 2.78 bits per heavy atom. The Balaban J connectivity index is 2.07. The van der Waals surface area contributed by atoms with Gasteiger partial charge in [-0.3, -0.25) is 0 Å². The second-order valence-electron chi connectivity index (χ2n) is 6.26.